The summed E-state index contributed by atoms with van der Waals surface area (Å²) in [4.78, 5) is 13.8. The molecule has 2 aromatic rings. The molecular formula is C29H31F8NO4. The van der Waals surface area contributed by atoms with Crippen LogP contribution in [-0.2, 0) is 26.6 Å². The quantitative estimate of drug-likeness (QED) is 0.332. The molecule has 0 amide bonds. The second-order valence-corrected chi connectivity index (χ2v) is 11.3. The van der Waals surface area contributed by atoms with Crippen LogP contribution in [0, 0.1) is 23.0 Å². The van der Waals surface area contributed by atoms with Gasteiger partial charge in [0, 0.05) is 19.0 Å². The van der Waals surface area contributed by atoms with Crippen molar-refractivity contribution >= 4 is 5.97 Å². The number of nitrogens with zero attached hydrogens (tertiary/aromatic N) is 1. The van der Waals surface area contributed by atoms with Crippen LogP contribution in [0.25, 0.3) is 0 Å². The van der Waals surface area contributed by atoms with Gasteiger partial charge in [-0.15, -0.1) is 0 Å². The van der Waals surface area contributed by atoms with Gasteiger partial charge in [-0.2, -0.15) is 26.3 Å². The SMILES string of the molecule is CC(O[C@H]1OCC[C@@H](CN2CCC[C@@](C)(C(=O)O)C2)C1c1ccc(F)c(F)c1)c1cc(C(F)(F)F)cc(C(F)(F)F)c1. The Balaban J connectivity index is 1.66. The number of benzene rings is 2. The zero-order chi connectivity index (χ0) is 31.0. The maximum absolute atomic E-state index is 14.3. The van der Waals surface area contributed by atoms with Gasteiger partial charge in [0.15, 0.2) is 17.9 Å². The van der Waals surface area contributed by atoms with Crippen LogP contribution in [0.15, 0.2) is 36.4 Å². The van der Waals surface area contributed by atoms with E-state index in [4.69, 9.17) is 9.47 Å². The summed E-state index contributed by atoms with van der Waals surface area (Å²) < 4.78 is 121. The van der Waals surface area contributed by atoms with Crippen molar-refractivity contribution in [2.75, 3.05) is 26.2 Å². The van der Waals surface area contributed by atoms with Crippen LogP contribution in [0.1, 0.15) is 67.4 Å². The van der Waals surface area contributed by atoms with Gasteiger partial charge in [-0.05, 0) is 87.0 Å². The first-order valence-electron chi connectivity index (χ1n) is 13.4. The van der Waals surface area contributed by atoms with Crippen LogP contribution in [-0.4, -0.2) is 48.5 Å². The lowest BCUT2D eigenvalue weighted by Crippen LogP contribution is -2.49. The molecule has 2 heterocycles. The predicted octanol–water partition coefficient (Wildman–Crippen LogP) is 7.41. The van der Waals surface area contributed by atoms with Crippen LogP contribution in [0.3, 0.4) is 0 Å². The first kappa shape index (κ1) is 32.2. The fourth-order valence-corrected chi connectivity index (χ4v) is 5.82. The number of aliphatic carboxylic acids is 1. The molecular weight excluding hydrogens is 578 g/mol. The minimum Gasteiger partial charge on any atom is -0.481 e. The average molecular weight is 610 g/mol. The van der Waals surface area contributed by atoms with E-state index in [1.807, 2.05) is 4.90 Å². The number of carboxylic acid groups (broad SMARTS) is 1. The highest BCUT2D eigenvalue weighted by atomic mass is 19.4. The lowest BCUT2D eigenvalue weighted by atomic mass is 9.78. The van der Waals surface area contributed by atoms with Crippen LogP contribution in [0.4, 0.5) is 35.1 Å². The normalized spacial score (nSPS) is 26.7. The molecule has 5 atom stereocenters. The van der Waals surface area contributed by atoms with E-state index in [0.717, 1.165) is 12.1 Å². The third kappa shape index (κ3) is 7.23. The van der Waals surface area contributed by atoms with E-state index < -0.39 is 64.8 Å². The number of alkyl halides is 6. The zero-order valence-corrected chi connectivity index (χ0v) is 22.9. The molecule has 5 nitrogen and oxygen atoms in total. The number of hydrogen-bond acceptors (Lipinski definition) is 4. The van der Waals surface area contributed by atoms with Crippen LogP contribution < -0.4 is 0 Å². The number of carbonyl (C=O) groups is 1. The Morgan fingerprint density at radius 3 is 2.29 bits per heavy atom. The second kappa shape index (κ2) is 12.1. The molecule has 0 spiro atoms. The van der Waals surface area contributed by atoms with Crippen LogP contribution in [0.2, 0.25) is 0 Å². The van der Waals surface area contributed by atoms with Crippen molar-refractivity contribution in [1.29, 1.82) is 0 Å². The predicted molar refractivity (Wildman–Crippen MR) is 134 cm³/mol. The van der Waals surface area contributed by atoms with Gasteiger partial charge in [0.05, 0.1) is 29.3 Å². The maximum Gasteiger partial charge on any atom is 0.416 e. The highest BCUT2D eigenvalue weighted by Gasteiger charge is 2.43. The monoisotopic (exact) mass is 609 g/mol. The molecule has 1 N–H and O–H groups in total. The molecule has 2 fully saturated rings. The molecule has 42 heavy (non-hydrogen) atoms. The lowest BCUT2D eigenvalue weighted by molar-refractivity contribution is -0.211. The number of likely N-dealkylation sites (tertiary alicyclic amines) is 1. The number of ether oxygens (including phenoxy) is 2. The first-order valence-corrected chi connectivity index (χ1v) is 13.4. The Kier molecular flexibility index (Phi) is 9.25. The molecule has 2 saturated heterocycles. The molecule has 0 saturated carbocycles. The molecule has 0 aromatic heterocycles. The minimum atomic E-state index is -5.05. The molecule has 232 valence electrons. The largest absolute Gasteiger partial charge is 0.481 e. The maximum atomic E-state index is 14.3. The van der Waals surface area contributed by atoms with Crippen molar-refractivity contribution in [3.8, 4) is 0 Å². The van der Waals surface area contributed by atoms with Gasteiger partial charge in [0.25, 0.3) is 0 Å². The molecule has 0 bridgehead atoms. The van der Waals surface area contributed by atoms with Crippen molar-refractivity contribution in [2.45, 2.75) is 63.8 Å². The molecule has 0 radical (unpaired) electrons. The first-order chi connectivity index (χ1) is 19.5. The summed E-state index contributed by atoms with van der Waals surface area (Å²) in [5, 5.41) is 9.71. The van der Waals surface area contributed by atoms with Crippen molar-refractivity contribution in [1.82, 2.24) is 4.90 Å². The van der Waals surface area contributed by atoms with E-state index in [0.29, 0.717) is 44.5 Å². The zero-order valence-electron chi connectivity index (χ0n) is 22.9. The number of halogens is 8. The topological polar surface area (TPSA) is 59.0 Å². The van der Waals surface area contributed by atoms with E-state index in [1.165, 1.54) is 13.0 Å². The van der Waals surface area contributed by atoms with E-state index in [9.17, 15) is 45.0 Å². The summed E-state index contributed by atoms with van der Waals surface area (Å²) in [7, 11) is 0. The smallest absolute Gasteiger partial charge is 0.416 e. The standard InChI is InChI=1S/C29H31F8NO4/c1-16(19-10-20(28(32,33)34)13-21(11-19)29(35,36)37)42-25-24(17-4-5-22(30)23(31)12-17)18(6-9-41-25)14-38-8-3-7-27(2,15-38)26(39)40/h4-5,10-13,16,18,24-25H,3,6-9,14-15H2,1-2H3,(H,39,40)/t16?,18-,24?,25+,27+/m0/s1. The Morgan fingerprint density at radius 1 is 1.07 bits per heavy atom. The molecule has 13 heteroatoms. The van der Waals surface area contributed by atoms with Gasteiger partial charge in [0.2, 0.25) is 0 Å². The van der Waals surface area contributed by atoms with E-state index in [2.05, 4.69) is 0 Å². The summed E-state index contributed by atoms with van der Waals surface area (Å²) in [5.74, 6) is -4.32. The minimum absolute atomic E-state index is 0.0248. The van der Waals surface area contributed by atoms with Gasteiger partial charge in [0.1, 0.15) is 0 Å². The Bertz CT molecular complexity index is 1250. The lowest BCUT2D eigenvalue weighted by Gasteiger charge is -2.44. The number of rotatable bonds is 7. The average Bonchev–Trinajstić information content (AvgIpc) is 2.89. The van der Waals surface area contributed by atoms with Crippen LogP contribution >= 0.6 is 0 Å². The van der Waals surface area contributed by atoms with Gasteiger partial charge in [-0.3, -0.25) is 4.79 Å². The van der Waals surface area contributed by atoms with Gasteiger partial charge in [-0.25, -0.2) is 8.78 Å². The Morgan fingerprint density at radius 2 is 1.71 bits per heavy atom. The van der Waals surface area contributed by atoms with E-state index in [1.54, 1.807) is 6.92 Å². The fraction of sp³-hybridized carbons (Fsp3) is 0.552. The fourth-order valence-electron chi connectivity index (χ4n) is 5.82. The van der Waals surface area contributed by atoms with Crippen LogP contribution in [0.5, 0.6) is 0 Å². The van der Waals surface area contributed by atoms with Crippen molar-refractivity contribution < 1.29 is 54.5 Å². The van der Waals surface area contributed by atoms with Crippen molar-refractivity contribution in [3.05, 3.63) is 70.3 Å². The molecule has 2 aliphatic heterocycles. The van der Waals surface area contributed by atoms with E-state index >= 15 is 0 Å². The highest BCUT2D eigenvalue weighted by molar-refractivity contribution is 5.74. The number of piperidine rings is 1. The number of hydrogen-bond donors (Lipinski definition) is 1. The second-order valence-electron chi connectivity index (χ2n) is 11.3. The molecule has 2 aromatic carbocycles. The Hall–Kier alpha value is -2.77. The Labute approximate surface area is 237 Å². The summed E-state index contributed by atoms with van der Waals surface area (Å²) in [6.45, 7) is 4.23. The van der Waals surface area contributed by atoms with Gasteiger partial charge >= 0.3 is 18.3 Å². The van der Waals surface area contributed by atoms with Crippen molar-refractivity contribution in [2.24, 2.45) is 11.3 Å². The third-order valence-electron chi connectivity index (χ3n) is 8.10. The molecule has 4 rings (SSSR count). The van der Waals surface area contributed by atoms with Gasteiger partial charge in [-0.1, -0.05) is 6.07 Å². The molecule has 0 aliphatic carbocycles. The van der Waals surface area contributed by atoms with Gasteiger partial charge < -0.3 is 19.5 Å². The number of carboxylic acids is 1. The summed E-state index contributed by atoms with van der Waals surface area (Å²) >= 11 is 0. The van der Waals surface area contributed by atoms with E-state index in [-0.39, 0.29) is 36.3 Å². The highest BCUT2D eigenvalue weighted by Crippen LogP contribution is 2.42. The summed E-state index contributed by atoms with van der Waals surface area (Å²) in [6.07, 6.45) is -11.1. The summed E-state index contributed by atoms with van der Waals surface area (Å²) in [6, 6.07) is 4.39. The third-order valence-corrected chi connectivity index (χ3v) is 8.10. The van der Waals surface area contributed by atoms with Crippen molar-refractivity contribution in [3.63, 3.8) is 0 Å². The molecule has 2 aliphatic rings. The summed E-state index contributed by atoms with van der Waals surface area (Å²) in [5.41, 5.74) is -4.08. The molecule has 2 unspecified atom stereocenters.